The van der Waals surface area contributed by atoms with Gasteiger partial charge < -0.3 is 18.9 Å². The smallest absolute Gasteiger partial charge is 0.160 e. The summed E-state index contributed by atoms with van der Waals surface area (Å²) in [5.41, 5.74) is 0. The lowest BCUT2D eigenvalue weighted by atomic mass is 10.3. The van der Waals surface area contributed by atoms with Crippen LogP contribution in [0.1, 0.15) is 12.8 Å². The molecular formula is C13H17BrO4. The van der Waals surface area contributed by atoms with Crippen LogP contribution < -0.4 is 9.47 Å². The summed E-state index contributed by atoms with van der Waals surface area (Å²) in [4.78, 5) is 0. The first-order chi connectivity index (χ1) is 8.79. The molecule has 0 unspecified atom stereocenters. The fraction of sp³-hybridized carbons (Fsp3) is 0.538. The zero-order valence-electron chi connectivity index (χ0n) is 10.4. The van der Waals surface area contributed by atoms with Crippen molar-refractivity contribution in [1.82, 2.24) is 0 Å². The van der Waals surface area contributed by atoms with Gasteiger partial charge in [-0.3, -0.25) is 0 Å². The quantitative estimate of drug-likeness (QED) is 0.837. The number of benzene rings is 1. The number of hydrogen-bond acceptors (Lipinski definition) is 4. The van der Waals surface area contributed by atoms with Gasteiger partial charge >= 0.3 is 0 Å². The Morgan fingerprint density at radius 3 is 2.78 bits per heavy atom. The van der Waals surface area contributed by atoms with E-state index in [9.17, 15) is 0 Å². The molecule has 1 fully saturated rings. The summed E-state index contributed by atoms with van der Waals surface area (Å²) in [5, 5.41) is 0. The molecule has 0 N–H and O–H groups in total. The van der Waals surface area contributed by atoms with Crippen molar-refractivity contribution >= 4 is 15.9 Å². The van der Waals surface area contributed by atoms with Gasteiger partial charge in [0.2, 0.25) is 0 Å². The van der Waals surface area contributed by atoms with Gasteiger partial charge in [0.25, 0.3) is 0 Å². The van der Waals surface area contributed by atoms with Gasteiger partial charge in [-0.1, -0.05) is 0 Å². The Kier molecular flexibility index (Phi) is 5.28. The Hall–Kier alpha value is -0.780. The van der Waals surface area contributed by atoms with Gasteiger partial charge in [0, 0.05) is 6.42 Å². The van der Waals surface area contributed by atoms with E-state index in [1.807, 2.05) is 18.2 Å². The van der Waals surface area contributed by atoms with E-state index in [-0.39, 0.29) is 6.29 Å². The second-order valence-corrected chi connectivity index (χ2v) is 4.81. The third-order valence-corrected chi connectivity index (χ3v) is 3.27. The number of halogens is 1. The highest BCUT2D eigenvalue weighted by molar-refractivity contribution is 9.10. The van der Waals surface area contributed by atoms with Gasteiger partial charge in [0.15, 0.2) is 6.29 Å². The van der Waals surface area contributed by atoms with Crippen molar-refractivity contribution < 1.29 is 18.9 Å². The van der Waals surface area contributed by atoms with Crippen molar-refractivity contribution in [3.8, 4) is 11.5 Å². The lowest BCUT2D eigenvalue weighted by Gasteiger charge is -2.23. The molecule has 1 heterocycles. The summed E-state index contributed by atoms with van der Waals surface area (Å²) in [7, 11) is 1.64. The van der Waals surface area contributed by atoms with Crippen LogP contribution in [0.2, 0.25) is 0 Å². The number of ether oxygens (including phenoxy) is 4. The van der Waals surface area contributed by atoms with E-state index >= 15 is 0 Å². The fourth-order valence-corrected chi connectivity index (χ4v) is 2.17. The average molecular weight is 317 g/mol. The van der Waals surface area contributed by atoms with E-state index in [4.69, 9.17) is 18.9 Å². The maximum Gasteiger partial charge on any atom is 0.160 e. The Balaban J connectivity index is 1.79. The topological polar surface area (TPSA) is 36.9 Å². The summed E-state index contributed by atoms with van der Waals surface area (Å²) in [6.45, 7) is 2.11. The standard InChI is InChI=1S/C13H17BrO4/c1-15-10-3-4-12(11(14)9-10)16-8-5-13-17-6-2-7-18-13/h3-4,9,13H,2,5-8H2,1H3. The summed E-state index contributed by atoms with van der Waals surface area (Å²) >= 11 is 3.45. The zero-order valence-corrected chi connectivity index (χ0v) is 11.9. The van der Waals surface area contributed by atoms with Crippen LogP contribution in [-0.4, -0.2) is 33.2 Å². The van der Waals surface area contributed by atoms with E-state index in [2.05, 4.69) is 15.9 Å². The molecule has 0 amide bonds. The van der Waals surface area contributed by atoms with Crippen LogP contribution in [0.3, 0.4) is 0 Å². The molecule has 0 saturated carbocycles. The predicted molar refractivity (Wildman–Crippen MR) is 71.1 cm³/mol. The van der Waals surface area contributed by atoms with Crippen LogP contribution in [0.15, 0.2) is 22.7 Å². The Morgan fingerprint density at radius 2 is 2.11 bits per heavy atom. The molecule has 0 radical (unpaired) electrons. The minimum atomic E-state index is -0.129. The third-order valence-electron chi connectivity index (χ3n) is 2.65. The van der Waals surface area contributed by atoms with Gasteiger partial charge in [-0.15, -0.1) is 0 Å². The SMILES string of the molecule is COc1ccc(OCCC2OCCCO2)c(Br)c1. The van der Waals surface area contributed by atoms with Crippen molar-refractivity contribution in [2.45, 2.75) is 19.1 Å². The molecule has 18 heavy (non-hydrogen) atoms. The summed E-state index contributed by atoms with van der Waals surface area (Å²) in [6, 6.07) is 5.63. The van der Waals surface area contributed by atoms with Crippen molar-refractivity contribution in [1.29, 1.82) is 0 Å². The highest BCUT2D eigenvalue weighted by Crippen LogP contribution is 2.29. The van der Waals surface area contributed by atoms with Crippen molar-refractivity contribution in [2.75, 3.05) is 26.9 Å². The second kappa shape index (κ2) is 6.97. The van der Waals surface area contributed by atoms with Crippen molar-refractivity contribution in [3.05, 3.63) is 22.7 Å². The van der Waals surface area contributed by atoms with E-state index in [0.29, 0.717) is 6.61 Å². The maximum atomic E-state index is 5.68. The predicted octanol–water partition coefficient (Wildman–Crippen LogP) is 2.99. The van der Waals surface area contributed by atoms with Gasteiger partial charge in [-0.05, 0) is 40.5 Å². The summed E-state index contributed by atoms with van der Waals surface area (Å²) in [6.07, 6.45) is 1.58. The largest absolute Gasteiger partial charge is 0.497 e. The molecule has 0 aliphatic carbocycles. The van der Waals surface area contributed by atoms with Crippen LogP contribution in [0, 0.1) is 0 Å². The molecule has 0 bridgehead atoms. The first-order valence-electron chi connectivity index (χ1n) is 5.99. The molecule has 1 aliphatic rings. The lowest BCUT2D eigenvalue weighted by Crippen LogP contribution is -2.26. The molecule has 1 aliphatic heterocycles. The first-order valence-corrected chi connectivity index (χ1v) is 6.78. The van der Waals surface area contributed by atoms with E-state index in [0.717, 1.165) is 42.0 Å². The Labute approximate surface area is 115 Å². The molecule has 0 spiro atoms. The Bertz CT molecular complexity index is 377. The first kappa shape index (κ1) is 13.6. The van der Waals surface area contributed by atoms with Crippen molar-refractivity contribution in [2.24, 2.45) is 0 Å². The molecule has 1 aromatic rings. The Morgan fingerprint density at radius 1 is 1.33 bits per heavy atom. The number of rotatable bonds is 5. The van der Waals surface area contributed by atoms with Crippen LogP contribution >= 0.6 is 15.9 Å². The fourth-order valence-electron chi connectivity index (χ4n) is 1.69. The van der Waals surface area contributed by atoms with E-state index in [1.54, 1.807) is 7.11 Å². The van der Waals surface area contributed by atoms with Gasteiger partial charge in [-0.25, -0.2) is 0 Å². The second-order valence-electron chi connectivity index (χ2n) is 3.96. The maximum absolute atomic E-state index is 5.68. The van der Waals surface area contributed by atoms with Crippen LogP contribution in [0.4, 0.5) is 0 Å². The molecule has 2 rings (SSSR count). The molecule has 1 saturated heterocycles. The highest BCUT2D eigenvalue weighted by Gasteiger charge is 2.14. The molecule has 4 nitrogen and oxygen atoms in total. The molecule has 0 aromatic heterocycles. The minimum absolute atomic E-state index is 0.129. The van der Waals surface area contributed by atoms with E-state index in [1.165, 1.54) is 0 Å². The van der Waals surface area contributed by atoms with Crippen LogP contribution in [-0.2, 0) is 9.47 Å². The lowest BCUT2D eigenvalue weighted by molar-refractivity contribution is -0.183. The average Bonchev–Trinajstić information content (AvgIpc) is 2.42. The van der Waals surface area contributed by atoms with E-state index < -0.39 is 0 Å². The monoisotopic (exact) mass is 316 g/mol. The van der Waals surface area contributed by atoms with Gasteiger partial charge in [-0.2, -0.15) is 0 Å². The normalized spacial score (nSPS) is 16.6. The highest BCUT2D eigenvalue weighted by atomic mass is 79.9. The summed E-state index contributed by atoms with van der Waals surface area (Å²) in [5.74, 6) is 1.60. The third kappa shape index (κ3) is 3.86. The van der Waals surface area contributed by atoms with Crippen molar-refractivity contribution in [3.63, 3.8) is 0 Å². The molecular weight excluding hydrogens is 300 g/mol. The minimum Gasteiger partial charge on any atom is -0.497 e. The molecule has 0 atom stereocenters. The van der Waals surface area contributed by atoms with Gasteiger partial charge in [0.05, 0.1) is 31.4 Å². The number of methoxy groups -OCH3 is 1. The van der Waals surface area contributed by atoms with Gasteiger partial charge in [0.1, 0.15) is 11.5 Å². The van der Waals surface area contributed by atoms with Crippen LogP contribution in [0.5, 0.6) is 11.5 Å². The molecule has 1 aromatic carbocycles. The molecule has 100 valence electrons. The molecule has 5 heteroatoms. The van der Waals surface area contributed by atoms with Crippen LogP contribution in [0.25, 0.3) is 0 Å². The zero-order chi connectivity index (χ0) is 12.8. The summed E-state index contributed by atoms with van der Waals surface area (Å²) < 4.78 is 22.6. The number of hydrogen-bond donors (Lipinski definition) is 0.